The maximum atomic E-state index is 6.20. The van der Waals surface area contributed by atoms with E-state index in [-0.39, 0.29) is 0 Å². The van der Waals surface area contributed by atoms with Crippen LogP contribution in [0.2, 0.25) is 5.15 Å². The van der Waals surface area contributed by atoms with E-state index in [9.17, 15) is 0 Å². The molecular formula is C21H22ClN3. The van der Waals surface area contributed by atoms with Gasteiger partial charge in [-0.05, 0) is 41.0 Å². The van der Waals surface area contributed by atoms with Crippen molar-refractivity contribution in [3.63, 3.8) is 0 Å². The highest BCUT2D eigenvalue weighted by molar-refractivity contribution is 6.31. The first kappa shape index (κ1) is 16.3. The molecule has 1 saturated heterocycles. The fourth-order valence-corrected chi connectivity index (χ4v) is 4.28. The second kappa shape index (κ2) is 7.01. The third-order valence-electron chi connectivity index (χ3n) is 5.26. The van der Waals surface area contributed by atoms with Crippen LogP contribution in [0.5, 0.6) is 0 Å². The molecule has 1 aromatic heterocycles. The van der Waals surface area contributed by atoms with Gasteiger partial charge < -0.3 is 4.90 Å². The lowest BCUT2D eigenvalue weighted by Gasteiger charge is -2.20. The number of nitrogens with zero attached hydrogens (tertiary/aromatic N) is 3. The standard InChI is InChI=1S/C21H22ClN3/c1-15(18-8-4-6-17-5-2-3-7-19(17)18)13-16-9-12-25(14-16)21-20(22)23-10-11-24-21/h2-8,10-11,15-16H,9,12-14H2,1H3/t15-,16-/m0/s1. The Kier molecular flexibility index (Phi) is 4.58. The molecule has 2 atom stereocenters. The van der Waals surface area contributed by atoms with Crippen LogP contribution in [-0.2, 0) is 0 Å². The van der Waals surface area contributed by atoms with Crippen LogP contribution >= 0.6 is 11.6 Å². The van der Waals surface area contributed by atoms with Crippen LogP contribution in [0, 0.1) is 5.92 Å². The van der Waals surface area contributed by atoms with E-state index < -0.39 is 0 Å². The smallest absolute Gasteiger partial charge is 0.171 e. The Labute approximate surface area is 153 Å². The molecule has 0 radical (unpaired) electrons. The number of hydrogen-bond donors (Lipinski definition) is 0. The van der Waals surface area contributed by atoms with E-state index >= 15 is 0 Å². The summed E-state index contributed by atoms with van der Waals surface area (Å²) in [4.78, 5) is 10.8. The van der Waals surface area contributed by atoms with Gasteiger partial charge in [0.15, 0.2) is 11.0 Å². The number of hydrogen-bond acceptors (Lipinski definition) is 3. The molecule has 0 amide bonds. The summed E-state index contributed by atoms with van der Waals surface area (Å²) in [5.74, 6) is 2.02. The van der Waals surface area contributed by atoms with Crippen LogP contribution in [0.1, 0.15) is 31.2 Å². The Morgan fingerprint density at radius 2 is 1.92 bits per heavy atom. The molecule has 0 spiro atoms. The highest BCUT2D eigenvalue weighted by Gasteiger charge is 2.27. The van der Waals surface area contributed by atoms with E-state index in [1.54, 1.807) is 12.4 Å². The van der Waals surface area contributed by atoms with Gasteiger partial charge in [-0.1, -0.05) is 61.0 Å². The van der Waals surface area contributed by atoms with Gasteiger partial charge in [0, 0.05) is 25.5 Å². The average Bonchev–Trinajstić information content (AvgIpc) is 3.09. The predicted octanol–water partition coefficient (Wildman–Crippen LogP) is 5.30. The Morgan fingerprint density at radius 1 is 1.12 bits per heavy atom. The molecule has 2 aromatic carbocycles. The zero-order valence-corrected chi connectivity index (χ0v) is 15.2. The molecule has 0 saturated carbocycles. The van der Waals surface area contributed by atoms with E-state index in [2.05, 4.69) is 64.3 Å². The first-order valence-electron chi connectivity index (χ1n) is 8.91. The predicted molar refractivity (Wildman–Crippen MR) is 104 cm³/mol. The maximum Gasteiger partial charge on any atom is 0.171 e. The summed E-state index contributed by atoms with van der Waals surface area (Å²) in [5, 5.41) is 3.21. The van der Waals surface area contributed by atoms with Gasteiger partial charge in [-0.2, -0.15) is 0 Å². The van der Waals surface area contributed by atoms with Crippen molar-refractivity contribution < 1.29 is 0 Å². The molecule has 25 heavy (non-hydrogen) atoms. The highest BCUT2D eigenvalue weighted by atomic mass is 35.5. The average molecular weight is 352 g/mol. The number of anilines is 1. The normalized spacial score (nSPS) is 18.6. The molecule has 2 heterocycles. The van der Waals surface area contributed by atoms with Crippen molar-refractivity contribution in [1.29, 1.82) is 0 Å². The Bertz CT molecular complexity index is 874. The highest BCUT2D eigenvalue weighted by Crippen LogP contribution is 2.34. The third kappa shape index (κ3) is 3.34. The molecule has 1 aliphatic heterocycles. The van der Waals surface area contributed by atoms with Crippen molar-refractivity contribution in [2.75, 3.05) is 18.0 Å². The van der Waals surface area contributed by atoms with Crippen LogP contribution < -0.4 is 4.90 Å². The summed E-state index contributed by atoms with van der Waals surface area (Å²) in [7, 11) is 0. The minimum atomic E-state index is 0.505. The summed E-state index contributed by atoms with van der Waals surface area (Å²) in [6.07, 6.45) is 5.72. The molecule has 0 bridgehead atoms. The van der Waals surface area contributed by atoms with Gasteiger partial charge in [-0.3, -0.25) is 0 Å². The van der Waals surface area contributed by atoms with Gasteiger partial charge in [0.1, 0.15) is 0 Å². The zero-order valence-electron chi connectivity index (χ0n) is 14.4. The van der Waals surface area contributed by atoms with Crippen LogP contribution in [0.4, 0.5) is 5.82 Å². The molecule has 0 unspecified atom stereocenters. The minimum Gasteiger partial charge on any atom is -0.354 e. The molecular weight excluding hydrogens is 330 g/mol. The van der Waals surface area contributed by atoms with Gasteiger partial charge >= 0.3 is 0 Å². The lowest BCUT2D eigenvalue weighted by atomic mass is 9.87. The largest absolute Gasteiger partial charge is 0.354 e. The summed E-state index contributed by atoms with van der Waals surface area (Å²) in [5.41, 5.74) is 1.45. The molecule has 0 N–H and O–H groups in total. The van der Waals surface area contributed by atoms with Gasteiger partial charge in [-0.25, -0.2) is 9.97 Å². The monoisotopic (exact) mass is 351 g/mol. The van der Waals surface area contributed by atoms with Crippen LogP contribution in [-0.4, -0.2) is 23.1 Å². The van der Waals surface area contributed by atoms with Gasteiger partial charge in [-0.15, -0.1) is 0 Å². The van der Waals surface area contributed by atoms with Crippen molar-refractivity contribution in [2.24, 2.45) is 5.92 Å². The second-order valence-corrected chi connectivity index (χ2v) is 7.33. The first-order chi connectivity index (χ1) is 12.2. The molecule has 128 valence electrons. The van der Waals surface area contributed by atoms with E-state index in [1.165, 1.54) is 29.2 Å². The number of rotatable bonds is 4. The van der Waals surface area contributed by atoms with E-state index in [0.717, 1.165) is 18.9 Å². The fourth-order valence-electron chi connectivity index (χ4n) is 4.05. The Morgan fingerprint density at radius 3 is 2.80 bits per heavy atom. The molecule has 3 nitrogen and oxygen atoms in total. The molecule has 1 aliphatic rings. The van der Waals surface area contributed by atoms with Crippen LogP contribution in [0.15, 0.2) is 54.9 Å². The van der Waals surface area contributed by atoms with Gasteiger partial charge in [0.25, 0.3) is 0 Å². The lowest BCUT2D eigenvalue weighted by molar-refractivity contribution is 0.489. The molecule has 4 heteroatoms. The van der Waals surface area contributed by atoms with E-state index in [4.69, 9.17) is 11.6 Å². The van der Waals surface area contributed by atoms with Crippen LogP contribution in [0.25, 0.3) is 10.8 Å². The lowest BCUT2D eigenvalue weighted by Crippen LogP contribution is -2.21. The SMILES string of the molecule is C[C@@H](C[C@@H]1CCN(c2nccnc2Cl)C1)c1cccc2ccccc12. The molecule has 4 rings (SSSR count). The topological polar surface area (TPSA) is 29.0 Å². The second-order valence-electron chi connectivity index (χ2n) is 6.98. The van der Waals surface area contributed by atoms with E-state index in [1.807, 2.05) is 0 Å². The number of aromatic nitrogens is 2. The van der Waals surface area contributed by atoms with Gasteiger partial charge in [0.05, 0.1) is 0 Å². The van der Waals surface area contributed by atoms with Crippen molar-refractivity contribution >= 4 is 28.2 Å². The summed E-state index contributed by atoms with van der Waals surface area (Å²) < 4.78 is 0. The number of fused-ring (bicyclic) bond motifs is 1. The van der Waals surface area contributed by atoms with Crippen molar-refractivity contribution in [1.82, 2.24) is 9.97 Å². The summed E-state index contributed by atoms with van der Waals surface area (Å²) in [6, 6.07) is 15.3. The summed E-state index contributed by atoms with van der Waals surface area (Å²) in [6.45, 7) is 4.36. The Balaban J connectivity index is 1.48. The number of halogens is 1. The summed E-state index contributed by atoms with van der Waals surface area (Å²) >= 11 is 6.20. The fraction of sp³-hybridized carbons (Fsp3) is 0.333. The Hall–Kier alpha value is -2.13. The van der Waals surface area contributed by atoms with E-state index in [0.29, 0.717) is 17.0 Å². The zero-order chi connectivity index (χ0) is 17.2. The quantitative estimate of drug-likeness (QED) is 0.638. The third-order valence-corrected chi connectivity index (χ3v) is 5.53. The molecule has 1 fully saturated rings. The molecule has 0 aliphatic carbocycles. The van der Waals surface area contributed by atoms with Crippen molar-refractivity contribution in [3.8, 4) is 0 Å². The minimum absolute atomic E-state index is 0.505. The number of benzene rings is 2. The van der Waals surface area contributed by atoms with Crippen molar-refractivity contribution in [3.05, 3.63) is 65.6 Å². The maximum absolute atomic E-state index is 6.20. The first-order valence-corrected chi connectivity index (χ1v) is 9.29. The van der Waals surface area contributed by atoms with Crippen LogP contribution in [0.3, 0.4) is 0 Å². The van der Waals surface area contributed by atoms with Crippen molar-refractivity contribution in [2.45, 2.75) is 25.7 Å². The molecule has 3 aromatic rings. The van der Waals surface area contributed by atoms with Gasteiger partial charge in [0.2, 0.25) is 0 Å².